The van der Waals surface area contributed by atoms with Crippen molar-refractivity contribution in [3.63, 3.8) is 0 Å². The summed E-state index contributed by atoms with van der Waals surface area (Å²) < 4.78 is 48.4. The molecular weight excluding hydrogens is 406 g/mol. The summed E-state index contributed by atoms with van der Waals surface area (Å²) in [5.41, 5.74) is -3.30. The summed E-state index contributed by atoms with van der Waals surface area (Å²) >= 11 is 11.9. The molecule has 1 aromatic carbocycles. The average Bonchev–Trinajstić information content (AvgIpc) is 3.06. The smallest absolute Gasteiger partial charge is 0.402 e. The highest BCUT2D eigenvalue weighted by molar-refractivity contribution is 6.34. The van der Waals surface area contributed by atoms with Gasteiger partial charge < -0.3 is 9.63 Å². The van der Waals surface area contributed by atoms with Crippen LogP contribution in [0.1, 0.15) is 24.1 Å². The van der Waals surface area contributed by atoms with Gasteiger partial charge in [-0.3, -0.25) is 0 Å². The fourth-order valence-electron chi connectivity index (χ4n) is 3.31. The third-order valence-electron chi connectivity index (χ3n) is 4.52. The molecule has 1 aliphatic carbocycles. The van der Waals surface area contributed by atoms with Crippen LogP contribution >= 0.6 is 23.2 Å². The molecule has 0 radical (unpaired) electrons. The van der Waals surface area contributed by atoms with Crippen LogP contribution in [-0.4, -0.2) is 22.4 Å². The van der Waals surface area contributed by atoms with Crippen molar-refractivity contribution in [2.75, 3.05) is 0 Å². The quantitative estimate of drug-likeness (QED) is 0.712. The van der Waals surface area contributed by atoms with E-state index in [4.69, 9.17) is 27.7 Å². The number of hydrogen-bond donors (Lipinski definition) is 1. The normalized spacial score (nSPS) is 23.0. The first-order chi connectivity index (χ1) is 12.6. The van der Waals surface area contributed by atoms with Gasteiger partial charge in [-0.1, -0.05) is 34.4 Å². The Hall–Kier alpha value is -2.25. The second-order valence-electron chi connectivity index (χ2n) is 6.14. The molecule has 9 heteroatoms. The first-order valence-corrected chi connectivity index (χ1v) is 8.40. The minimum Gasteiger partial charge on any atom is -0.478 e. The molecule has 2 aromatic rings. The van der Waals surface area contributed by atoms with Gasteiger partial charge in [-0.15, -0.1) is 0 Å². The molecule has 1 N–H and O–H groups in total. The number of carboxylic acid groups (broad SMARTS) is 1. The molecule has 1 aromatic heterocycles. The number of halogens is 5. The van der Waals surface area contributed by atoms with Gasteiger partial charge in [-0.25, -0.2) is 4.79 Å². The zero-order valence-electron chi connectivity index (χ0n) is 13.7. The van der Waals surface area contributed by atoms with E-state index in [0.29, 0.717) is 6.08 Å². The van der Waals surface area contributed by atoms with Crippen molar-refractivity contribution in [3.8, 4) is 0 Å². The highest BCUT2D eigenvalue weighted by Crippen LogP contribution is 2.55. The Morgan fingerprint density at radius 1 is 1.26 bits per heavy atom. The molecule has 2 unspecified atom stereocenters. The van der Waals surface area contributed by atoms with Crippen LogP contribution < -0.4 is 0 Å². The maximum atomic E-state index is 14.5. The van der Waals surface area contributed by atoms with E-state index in [1.807, 2.05) is 0 Å². The molecule has 27 heavy (non-hydrogen) atoms. The van der Waals surface area contributed by atoms with Gasteiger partial charge in [-0.2, -0.15) is 13.2 Å². The fraction of sp³-hybridized carbons (Fsp3) is 0.222. The number of nitrogens with zero attached hydrogens (tertiary/aromatic N) is 1. The first kappa shape index (κ1) is 19.5. The third kappa shape index (κ3) is 3.26. The molecule has 0 bridgehead atoms. The van der Waals surface area contributed by atoms with E-state index >= 15 is 0 Å². The Morgan fingerprint density at radius 2 is 1.89 bits per heavy atom. The average molecular weight is 418 g/mol. The largest absolute Gasteiger partial charge is 0.478 e. The number of allylic oxidation sites excluding steroid dienone is 2. The summed E-state index contributed by atoms with van der Waals surface area (Å²) in [7, 11) is 0. The second kappa shape index (κ2) is 6.73. The lowest BCUT2D eigenvalue weighted by atomic mass is 9.64. The summed E-state index contributed by atoms with van der Waals surface area (Å²) in [5, 5.41) is 13.1. The molecule has 4 nitrogen and oxygen atoms in total. The zero-order chi connectivity index (χ0) is 20.0. The van der Waals surface area contributed by atoms with Crippen molar-refractivity contribution in [2.24, 2.45) is 0 Å². The molecule has 0 fully saturated rings. The molecule has 0 saturated carbocycles. The number of benzene rings is 1. The molecule has 3 rings (SSSR count). The van der Waals surface area contributed by atoms with Gasteiger partial charge in [-0.05, 0) is 42.3 Å². The molecule has 1 heterocycles. The van der Waals surface area contributed by atoms with Crippen LogP contribution in [0.4, 0.5) is 13.2 Å². The SMILES string of the molecule is CC1=CC(c2ccon2)C(c2cc(Cl)cc(Cl)c2)(C(F)(F)F)C=C1C(=O)O. The lowest BCUT2D eigenvalue weighted by Crippen LogP contribution is -2.47. The number of aliphatic carboxylic acids is 1. The van der Waals surface area contributed by atoms with Crippen molar-refractivity contribution in [1.82, 2.24) is 5.16 Å². The van der Waals surface area contributed by atoms with Gasteiger partial charge in [0.2, 0.25) is 0 Å². The Labute approximate surface area is 161 Å². The predicted molar refractivity (Wildman–Crippen MR) is 92.9 cm³/mol. The molecule has 0 spiro atoms. The Balaban J connectivity index is 2.41. The van der Waals surface area contributed by atoms with Gasteiger partial charge >= 0.3 is 12.1 Å². The first-order valence-electron chi connectivity index (χ1n) is 7.65. The topological polar surface area (TPSA) is 63.3 Å². The van der Waals surface area contributed by atoms with E-state index in [2.05, 4.69) is 5.16 Å². The van der Waals surface area contributed by atoms with Crippen molar-refractivity contribution >= 4 is 29.2 Å². The molecule has 0 saturated heterocycles. The van der Waals surface area contributed by atoms with E-state index in [9.17, 15) is 23.1 Å². The predicted octanol–water partition coefficient (Wildman–Crippen LogP) is 5.54. The second-order valence-corrected chi connectivity index (χ2v) is 7.01. The Bertz CT molecular complexity index is 931. The number of alkyl halides is 3. The Morgan fingerprint density at radius 3 is 2.37 bits per heavy atom. The van der Waals surface area contributed by atoms with Crippen molar-refractivity contribution in [1.29, 1.82) is 0 Å². The van der Waals surface area contributed by atoms with Gasteiger partial charge in [0.1, 0.15) is 11.7 Å². The highest BCUT2D eigenvalue weighted by Gasteiger charge is 2.61. The number of carboxylic acids is 1. The van der Waals surface area contributed by atoms with Gasteiger partial charge in [0.15, 0.2) is 0 Å². The van der Waals surface area contributed by atoms with E-state index in [1.165, 1.54) is 25.1 Å². The van der Waals surface area contributed by atoms with Crippen molar-refractivity contribution in [2.45, 2.75) is 24.4 Å². The van der Waals surface area contributed by atoms with Crippen LogP contribution in [0.2, 0.25) is 10.0 Å². The third-order valence-corrected chi connectivity index (χ3v) is 4.96. The summed E-state index contributed by atoms with van der Waals surface area (Å²) in [6.07, 6.45) is -1.81. The van der Waals surface area contributed by atoms with E-state index in [1.54, 1.807) is 0 Å². The summed E-state index contributed by atoms with van der Waals surface area (Å²) in [4.78, 5) is 11.6. The van der Waals surface area contributed by atoms with Gasteiger partial charge in [0, 0.05) is 22.0 Å². The number of carbonyl (C=O) groups is 1. The maximum absolute atomic E-state index is 14.5. The molecular formula is C18H12Cl2F3NO3. The zero-order valence-corrected chi connectivity index (χ0v) is 15.2. The summed E-state index contributed by atoms with van der Waals surface area (Å²) in [5.74, 6) is -2.84. The van der Waals surface area contributed by atoms with E-state index < -0.39 is 29.1 Å². The molecule has 1 aliphatic rings. The lowest BCUT2D eigenvalue weighted by Gasteiger charge is -2.41. The minimum atomic E-state index is -4.89. The molecule has 2 atom stereocenters. The Kier molecular flexibility index (Phi) is 4.86. The minimum absolute atomic E-state index is 0.00317. The number of aromatic nitrogens is 1. The van der Waals surface area contributed by atoms with Crippen molar-refractivity contribution in [3.05, 3.63) is 75.1 Å². The van der Waals surface area contributed by atoms with Crippen LogP contribution in [0.15, 0.2) is 58.3 Å². The molecule has 142 valence electrons. The molecule has 0 aliphatic heterocycles. The van der Waals surface area contributed by atoms with Gasteiger partial charge in [0.05, 0.1) is 11.3 Å². The van der Waals surface area contributed by atoms with Crippen LogP contribution in [0.3, 0.4) is 0 Å². The van der Waals surface area contributed by atoms with Crippen LogP contribution in [-0.2, 0) is 10.2 Å². The number of rotatable bonds is 3. The van der Waals surface area contributed by atoms with E-state index in [0.717, 1.165) is 18.4 Å². The monoisotopic (exact) mass is 417 g/mol. The van der Waals surface area contributed by atoms with Gasteiger partial charge in [0.25, 0.3) is 0 Å². The van der Waals surface area contributed by atoms with Crippen LogP contribution in [0, 0.1) is 0 Å². The number of hydrogen-bond acceptors (Lipinski definition) is 3. The molecule has 0 amide bonds. The highest BCUT2D eigenvalue weighted by atomic mass is 35.5. The van der Waals surface area contributed by atoms with Crippen molar-refractivity contribution < 1.29 is 27.6 Å². The summed E-state index contributed by atoms with van der Waals surface area (Å²) in [6.45, 7) is 1.43. The fourth-order valence-corrected chi connectivity index (χ4v) is 3.84. The van der Waals surface area contributed by atoms with E-state index in [-0.39, 0.29) is 26.9 Å². The standard InChI is InChI=1S/C18H12Cl2F3NO3/c1-9-4-14(15-2-3-27-24-15)17(18(21,22)23,8-13(9)16(25)26)10-5-11(19)7-12(20)6-10/h2-8,14H,1H3,(H,25,26). The lowest BCUT2D eigenvalue weighted by molar-refractivity contribution is -0.180. The maximum Gasteiger partial charge on any atom is 0.402 e. The summed E-state index contributed by atoms with van der Waals surface area (Å²) in [6, 6.07) is 4.85. The van der Waals surface area contributed by atoms with Crippen LogP contribution in [0.5, 0.6) is 0 Å². The van der Waals surface area contributed by atoms with Crippen LogP contribution in [0.25, 0.3) is 0 Å².